The van der Waals surface area contributed by atoms with Crippen LogP contribution in [-0.2, 0) is 4.79 Å². The van der Waals surface area contributed by atoms with Gasteiger partial charge in [-0.15, -0.1) is 0 Å². The molecule has 1 unspecified atom stereocenters. The Labute approximate surface area is 145 Å². The Hall–Kier alpha value is -2.69. The number of carbonyl (C=O) groups excluding carboxylic acids is 1. The molecule has 4 nitrogen and oxygen atoms in total. The lowest BCUT2D eigenvalue weighted by molar-refractivity contribution is -0.118. The second-order valence-electron chi connectivity index (χ2n) is 6.71. The van der Waals surface area contributed by atoms with Crippen LogP contribution >= 0.6 is 0 Å². The summed E-state index contributed by atoms with van der Waals surface area (Å²) in [7, 11) is 0. The van der Waals surface area contributed by atoms with Crippen molar-refractivity contribution in [3.8, 4) is 5.75 Å². The fraction of sp³-hybridized carbons (Fsp3) is 0.300. The van der Waals surface area contributed by atoms with E-state index in [9.17, 15) is 9.18 Å². The number of hydrogen-bond acceptors (Lipinski definition) is 3. The highest BCUT2D eigenvalue weighted by atomic mass is 19.1. The summed E-state index contributed by atoms with van der Waals surface area (Å²) in [5.74, 6) is 0.145. The summed E-state index contributed by atoms with van der Waals surface area (Å²) < 4.78 is 19.8. The topological polar surface area (TPSA) is 51.2 Å². The maximum Gasteiger partial charge on any atom is 0.244 e. The number of carbonyl (C=O) groups is 1. The minimum absolute atomic E-state index is 0.208. The van der Waals surface area contributed by atoms with Crippen LogP contribution in [0, 0.1) is 5.82 Å². The van der Waals surface area contributed by atoms with Crippen molar-refractivity contribution >= 4 is 12.0 Å². The first-order valence-corrected chi connectivity index (χ1v) is 8.51. The van der Waals surface area contributed by atoms with Crippen molar-refractivity contribution in [1.29, 1.82) is 0 Å². The van der Waals surface area contributed by atoms with Crippen LogP contribution in [0.2, 0.25) is 0 Å². The molecule has 1 amide bonds. The number of ether oxygens (including phenoxy) is 1. The number of hydrogen-bond donors (Lipinski definition) is 1. The molecule has 1 aromatic carbocycles. The van der Waals surface area contributed by atoms with Gasteiger partial charge in [-0.25, -0.2) is 4.39 Å². The van der Waals surface area contributed by atoms with Crippen molar-refractivity contribution in [3.63, 3.8) is 0 Å². The molecule has 25 heavy (non-hydrogen) atoms. The van der Waals surface area contributed by atoms with E-state index >= 15 is 0 Å². The minimum Gasteiger partial charge on any atom is -0.487 e. The number of benzene rings is 1. The lowest BCUT2D eigenvalue weighted by Crippen LogP contribution is -2.49. The van der Waals surface area contributed by atoms with Gasteiger partial charge in [0.2, 0.25) is 5.91 Å². The van der Waals surface area contributed by atoms with Crippen molar-refractivity contribution in [2.75, 3.05) is 0 Å². The number of nitrogens with zero attached hydrogens (tertiary/aromatic N) is 1. The maximum atomic E-state index is 13.7. The smallest absolute Gasteiger partial charge is 0.244 e. The molecule has 1 aliphatic heterocycles. The molecule has 2 aromatic rings. The summed E-state index contributed by atoms with van der Waals surface area (Å²) in [4.78, 5) is 16.4. The van der Waals surface area contributed by atoms with E-state index in [1.807, 2.05) is 12.1 Å². The molecule has 128 valence electrons. The maximum absolute atomic E-state index is 13.7. The van der Waals surface area contributed by atoms with E-state index in [1.165, 1.54) is 18.2 Å². The predicted molar refractivity (Wildman–Crippen MR) is 92.4 cm³/mol. The zero-order valence-corrected chi connectivity index (χ0v) is 13.7. The van der Waals surface area contributed by atoms with E-state index in [0.29, 0.717) is 17.7 Å². The number of aromatic nitrogens is 1. The fourth-order valence-corrected chi connectivity index (χ4v) is 3.51. The molecule has 1 spiro atoms. The number of halogens is 1. The minimum atomic E-state index is -0.322. The van der Waals surface area contributed by atoms with Crippen LogP contribution in [0.5, 0.6) is 5.75 Å². The molecule has 0 bridgehead atoms. The van der Waals surface area contributed by atoms with Crippen molar-refractivity contribution in [3.05, 3.63) is 65.7 Å². The summed E-state index contributed by atoms with van der Waals surface area (Å²) in [5, 5.41) is 3.00. The second kappa shape index (κ2) is 6.31. The molecule has 5 heteroatoms. The Morgan fingerprint density at radius 1 is 1.36 bits per heavy atom. The number of fused-ring (bicyclic) bond motifs is 1. The van der Waals surface area contributed by atoms with Gasteiger partial charge in [-0.05, 0) is 55.2 Å². The first kappa shape index (κ1) is 15.8. The highest BCUT2D eigenvalue weighted by Gasteiger charge is 2.45. The summed E-state index contributed by atoms with van der Waals surface area (Å²) in [6.07, 6.45) is 10.3. The average molecular weight is 338 g/mol. The van der Waals surface area contributed by atoms with E-state index in [1.54, 1.807) is 24.5 Å². The Morgan fingerprint density at radius 3 is 2.96 bits per heavy atom. The molecule has 0 radical (unpaired) electrons. The molecule has 0 saturated heterocycles. The highest BCUT2D eigenvalue weighted by molar-refractivity contribution is 5.92. The zero-order chi connectivity index (χ0) is 17.3. The molecule has 1 saturated carbocycles. The van der Waals surface area contributed by atoms with Gasteiger partial charge in [-0.1, -0.05) is 6.07 Å². The van der Waals surface area contributed by atoms with Gasteiger partial charge < -0.3 is 10.1 Å². The molecule has 1 aromatic heterocycles. The average Bonchev–Trinajstić information content (AvgIpc) is 2.60. The lowest BCUT2D eigenvalue weighted by Gasteiger charge is -2.48. The van der Waals surface area contributed by atoms with Crippen LogP contribution in [0.15, 0.2) is 48.8 Å². The first-order valence-electron chi connectivity index (χ1n) is 8.51. The molecule has 2 aliphatic rings. The van der Waals surface area contributed by atoms with Crippen LogP contribution in [0.25, 0.3) is 6.08 Å². The Bertz CT molecular complexity index is 816. The largest absolute Gasteiger partial charge is 0.487 e. The first-order chi connectivity index (χ1) is 12.1. The SMILES string of the molecule is O=C(C=Cc1cccnc1)NC1CC2(CCC2)Oc2ccc(F)cc21. The van der Waals surface area contributed by atoms with Gasteiger partial charge >= 0.3 is 0 Å². The molecular weight excluding hydrogens is 319 g/mol. The summed E-state index contributed by atoms with van der Waals surface area (Å²) >= 11 is 0. The Balaban J connectivity index is 1.53. The quantitative estimate of drug-likeness (QED) is 0.866. The van der Waals surface area contributed by atoms with Crippen molar-refractivity contribution in [2.45, 2.75) is 37.3 Å². The van der Waals surface area contributed by atoms with Gasteiger partial charge in [-0.2, -0.15) is 0 Å². The number of rotatable bonds is 3. The third kappa shape index (κ3) is 3.27. The van der Waals surface area contributed by atoms with Crippen molar-refractivity contribution < 1.29 is 13.9 Å². The molecule has 1 N–H and O–H groups in total. The lowest BCUT2D eigenvalue weighted by atomic mass is 9.73. The normalized spacial score (nSPS) is 20.6. The van der Waals surface area contributed by atoms with Crippen LogP contribution in [0.3, 0.4) is 0 Å². The third-order valence-corrected chi connectivity index (χ3v) is 4.94. The van der Waals surface area contributed by atoms with Crippen LogP contribution in [-0.4, -0.2) is 16.5 Å². The molecule has 4 rings (SSSR count). The van der Waals surface area contributed by atoms with Crippen LogP contribution in [0.1, 0.15) is 42.9 Å². The molecule has 1 atom stereocenters. The van der Waals surface area contributed by atoms with Gasteiger partial charge in [0.05, 0.1) is 6.04 Å². The van der Waals surface area contributed by atoms with E-state index in [4.69, 9.17) is 4.74 Å². The van der Waals surface area contributed by atoms with Crippen molar-refractivity contribution in [2.24, 2.45) is 0 Å². The monoisotopic (exact) mass is 338 g/mol. The summed E-state index contributed by atoms with van der Waals surface area (Å²) in [6, 6.07) is 7.96. The Morgan fingerprint density at radius 2 is 2.24 bits per heavy atom. The molecule has 2 heterocycles. The van der Waals surface area contributed by atoms with Gasteiger partial charge in [0.1, 0.15) is 17.2 Å². The van der Waals surface area contributed by atoms with E-state index in [0.717, 1.165) is 24.8 Å². The van der Waals surface area contributed by atoms with E-state index in [2.05, 4.69) is 10.3 Å². The molecular formula is C20H19FN2O2. The van der Waals surface area contributed by atoms with E-state index in [-0.39, 0.29) is 23.4 Å². The fourth-order valence-electron chi connectivity index (χ4n) is 3.51. The van der Waals surface area contributed by atoms with Gasteiger partial charge in [0.25, 0.3) is 0 Å². The van der Waals surface area contributed by atoms with Gasteiger partial charge in [0.15, 0.2) is 0 Å². The summed E-state index contributed by atoms with van der Waals surface area (Å²) in [6.45, 7) is 0. The number of nitrogens with one attached hydrogen (secondary N) is 1. The summed E-state index contributed by atoms with van der Waals surface area (Å²) in [5.41, 5.74) is 1.35. The molecule has 1 fully saturated rings. The second-order valence-corrected chi connectivity index (χ2v) is 6.71. The predicted octanol–water partition coefficient (Wildman–Crippen LogP) is 3.80. The zero-order valence-electron chi connectivity index (χ0n) is 13.7. The highest BCUT2D eigenvalue weighted by Crippen LogP contribution is 2.48. The van der Waals surface area contributed by atoms with Crippen molar-refractivity contribution in [1.82, 2.24) is 10.3 Å². The standard InChI is InChI=1S/C20H19FN2O2/c21-15-5-6-18-16(11-15)17(12-20(25-18)8-2-9-20)23-19(24)7-4-14-3-1-10-22-13-14/h1,3-7,10-11,13,17H,2,8-9,12H2,(H,23,24). The van der Waals surface area contributed by atoms with Gasteiger partial charge in [-0.3, -0.25) is 9.78 Å². The van der Waals surface area contributed by atoms with Crippen LogP contribution in [0.4, 0.5) is 4.39 Å². The number of amides is 1. The van der Waals surface area contributed by atoms with Gasteiger partial charge in [0, 0.05) is 30.5 Å². The number of pyridine rings is 1. The van der Waals surface area contributed by atoms with E-state index < -0.39 is 0 Å². The Kier molecular flexibility index (Phi) is 3.99. The molecule has 1 aliphatic carbocycles. The third-order valence-electron chi connectivity index (χ3n) is 4.94. The van der Waals surface area contributed by atoms with Crippen LogP contribution < -0.4 is 10.1 Å².